The van der Waals surface area contributed by atoms with Crippen LogP contribution in [0.1, 0.15) is 33.3 Å². The number of aromatic nitrogens is 4. The van der Waals surface area contributed by atoms with Gasteiger partial charge in [-0.2, -0.15) is 23.4 Å². The number of carboxylic acid groups (broad SMARTS) is 1. The predicted octanol–water partition coefficient (Wildman–Crippen LogP) is 1.47. The van der Waals surface area contributed by atoms with Crippen LogP contribution in [0.3, 0.4) is 0 Å². The van der Waals surface area contributed by atoms with Gasteiger partial charge in [0.2, 0.25) is 0 Å². The maximum absolute atomic E-state index is 13.1. The van der Waals surface area contributed by atoms with Gasteiger partial charge in [0.15, 0.2) is 11.7 Å². The number of aromatic carboxylic acids is 1. The van der Waals surface area contributed by atoms with Gasteiger partial charge in [-0.05, 0) is 6.42 Å². The lowest BCUT2D eigenvalue weighted by Crippen LogP contribution is -2.43. The highest BCUT2D eigenvalue weighted by atomic mass is 19.4. The van der Waals surface area contributed by atoms with Crippen molar-refractivity contribution in [3.05, 3.63) is 29.7 Å². The summed E-state index contributed by atoms with van der Waals surface area (Å²) in [5, 5.41) is 16.6. The van der Waals surface area contributed by atoms with Crippen molar-refractivity contribution < 1.29 is 27.9 Å². The van der Waals surface area contributed by atoms with E-state index in [4.69, 9.17) is 0 Å². The van der Waals surface area contributed by atoms with Gasteiger partial charge in [-0.1, -0.05) is 0 Å². The Labute approximate surface area is 133 Å². The van der Waals surface area contributed by atoms with Gasteiger partial charge in [0.1, 0.15) is 5.82 Å². The molecule has 24 heavy (non-hydrogen) atoms. The smallest absolute Gasteiger partial charge is 0.410 e. The number of hydrogen-bond donors (Lipinski definition) is 1. The van der Waals surface area contributed by atoms with Crippen LogP contribution in [0.5, 0.6) is 0 Å². The maximum atomic E-state index is 13.1. The molecule has 1 aliphatic rings. The monoisotopic (exact) mass is 343 g/mol. The van der Waals surface area contributed by atoms with Crippen molar-refractivity contribution in [2.45, 2.75) is 18.6 Å². The summed E-state index contributed by atoms with van der Waals surface area (Å²) in [6.07, 6.45) is -2.60. The Hall–Kier alpha value is -2.85. The molecule has 0 saturated heterocycles. The largest absolute Gasteiger partial charge is 0.477 e. The molecule has 0 saturated carbocycles. The molecule has 0 spiro atoms. The highest BCUT2D eigenvalue weighted by Crippen LogP contribution is 2.39. The molecule has 0 fully saturated rings. The second-order valence-corrected chi connectivity index (χ2v) is 5.27. The molecule has 8 nitrogen and oxygen atoms in total. The molecule has 0 aliphatic carbocycles. The summed E-state index contributed by atoms with van der Waals surface area (Å²) in [5.74, 6) is -2.12. The van der Waals surface area contributed by atoms with Gasteiger partial charge >= 0.3 is 12.1 Å². The van der Waals surface area contributed by atoms with Crippen molar-refractivity contribution in [1.29, 1.82) is 0 Å². The first-order chi connectivity index (χ1) is 11.2. The number of carbonyl (C=O) groups is 2. The van der Waals surface area contributed by atoms with Gasteiger partial charge in [-0.15, -0.1) is 0 Å². The average molecular weight is 343 g/mol. The molecular weight excluding hydrogens is 331 g/mol. The van der Waals surface area contributed by atoms with E-state index in [2.05, 4.69) is 10.2 Å². The van der Waals surface area contributed by atoms with Gasteiger partial charge in [-0.3, -0.25) is 14.4 Å². The van der Waals surface area contributed by atoms with E-state index in [1.54, 1.807) is 0 Å². The first kappa shape index (κ1) is 16.0. The van der Waals surface area contributed by atoms with Gasteiger partial charge in [0, 0.05) is 19.7 Å². The van der Waals surface area contributed by atoms with Crippen LogP contribution < -0.4 is 4.90 Å². The minimum atomic E-state index is -4.49. The molecule has 1 aliphatic heterocycles. The Morgan fingerprint density at radius 1 is 1.33 bits per heavy atom. The summed E-state index contributed by atoms with van der Waals surface area (Å²) >= 11 is 0. The summed E-state index contributed by atoms with van der Waals surface area (Å²) in [6, 6.07) is -0.536. The van der Waals surface area contributed by atoms with Crippen LogP contribution in [0.4, 0.5) is 19.0 Å². The van der Waals surface area contributed by atoms with Crippen LogP contribution in [0.25, 0.3) is 0 Å². The van der Waals surface area contributed by atoms with E-state index in [0.717, 1.165) is 20.5 Å². The fourth-order valence-electron chi connectivity index (χ4n) is 2.75. The van der Waals surface area contributed by atoms with E-state index >= 15 is 0 Å². The molecule has 2 aromatic heterocycles. The second-order valence-electron chi connectivity index (χ2n) is 5.27. The minimum absolute atomic E-state index is 0.0335. The lowest BCUT2D eigenvalue weighted by Gasteiger charge is -2.33. The summed E-state index contributed by atoms with van der Waals surface area (Å²) in [4.78, 5) is 25.0. The van der Waals surface area contributed by atoms with E-state index in [1.165, 1.54) is 19.3 Å². The number of rotatable bonds is 2. The molecule has 0 bridgehead atoms. The fourth-order valence-corrected chi connectivity index (χ4v) is 2.75. The summed E-state index contributed by atoms with van der Waals surface area (Å²) < 4.78 is 41.0. The molecule has 11 heteroatoms. The fraction of sp³-hybridized carbons (Fsp3) is 0.385. The quantitative estimate of drug-likeness (QED) is 0.891. The molecule has 2 aromatic rings. The van der Waals surface area contributed by atoms with Crippen molar-refractivity contribution in [2.75, 3.05) is 11.4 Å². The highest BCUT2D eigenvalue weighted by Gasteiger charge is 2.46. The Morgan fingerprint density at radius 2 is 2.04 bits per heavy atom. The van der Waals surface area contributed by atoms with E-state index in [-0.39, 0.29) is 30.0 Å². The van der Waals surface area contributed by atoms with Crippen LogP contribution in [-0.2, 0) is 7.05 Å². The molecule has 0 aromatic carbocycles. The van der Waals surface area contributed by atoms with Gasteiger partial charge in [-0.25, -0.2) is 9.48 Å². The van der Waals surface area contributed by atoms with E-state index in [9.17, 15) is 27.9 Å². The lowest BCUT2D eigenvalue weighted by molar-refractivity contribution is -0.172. The van der Waals surface area contributed by atoms with Crippen molar-refractivity contribution >= 4 is 17.7 Å². The van der Waals surface area contributed by atoms with Crippen LogP contribution >= 0.6 is 0 Å². The third kappa shape index (κ3) is 2.41. The summed E-state index contributed by atoms with van der Waals surface area (Å²) in [7, 11) is 1.36. The number of aryl methyl sites for hydroxylation is 1. The van der Waals surface area contributed by atoms with Gasteiger partial charge in [0.25, 0.3) is 5.91 Å². The number of amides is 1. The normalized spacial score (nSPS) is 17.7. The van der Waals surface area contributed by atoms with Crippen LogP contribution in [0, 0.1) is 0 Å². The number of alkyl halides is 3. The Balaban J connectivity index is 2.00. The van der Waals surface area contributed by atoms with Crippen molar-refractivity contribution in [1.82, 2.24) is 19.6 Å². The van der Waals surface area contributed by atoms with E-state index in [0.29, 0.717) is 0 Å². The number of halogens is 3. The zero-order chi connectivity index (χ0) is 17.6. The molecule has 0 radical (unpaired) electrons. The second kappa shape index (κ2) is 5.35. The van der Waals surface area contributed by atoms with Crippen molar-refractivity contribution in [2.24, 2.45) is 7.05 Å². The molecular formula is C13H12F3N5O3. The standard InChI is InChI=1S/C13H12F3N5O3/c1-19-10(12(23)24)7(6-18-19)11(22)20-5-3-8(13(14,15)16)21-9(20)2-4-17-21/h2,4,6,8H,3,5H2,1H3,(H,23,24). The first-order valence-electron chi connectivity index (χ1n) is 6.89. The molecule has 3 heterocycles. The van der Waals surface area contributed by atoms with E-state index < -0.39 is 24.1 Å². The number of hydrogen-bond acceptors (Lipinski definition) is 4. The molecule has 1 amide bonds. The van der Waals surface area contributed by atoms with E-state index in [1.807, 2.05) is 0 Å². The Bertz CT molecular complexity index is 810. The number of carboxylic acids is 1. The minimum Gasteiger partial charge on any atom is -0.477 e. The molecule has 1 N–H and O–H groups in total. The molecule has 128 valence electrons. The third-order valence-electron chi connectivity index (χ3n) is 3.84. The van der Waals surface area contributed by atoms with Crippen LogP contribution in [0.15, 0.2) is 18.5 Å². The van der Waals surface area contributed by atoms with Gasteiger partial charge in [0.05, 0.1) is 18.0 Å². The number of carbonyl (C=O) groups excluding carboxylic acids is 1. The Kier molecular flexibility index (Phi) is 3.57. The average Bonchev–Trinajstić information content (AvgIpc) is 3.10. The molecule has 1 unspecified atom stereocenters. The molecule has 1 atom stereocenters. The first-order valence-corrected chi connectivity index (χ1v) is 6.89. The summed E-state index contributed by atoms with van der Waals surface area (Å²) in [5.41, 5.74) is -0.521. The summed E-state index contributed by atoms with van der Waals surface area (Å²) in [6.45, 7) is -0.206. The highest BCUT2D eigenvalue weighted by molar-refractivity contribution is 6.11. The third-order valence-corrected chi connectivity index (χ3v) is 3.84. The number of fused-ring (bicyclic) bond motifs is 1. The zero-order valence-corrected chi connectivity index (χ0v) is 12.4. The number of anilines is 1. The number of nitrogens with zero attached hydrogens (tertiary/aromatic N) is 5. The Morgan fingerprint density at radius 3 is 2.67 bits per heavy atom. The SMILES string of the molecule is Cn1ncc(C(=O)N2CCC(C(F)(F)F)n3nccc32)c1C(=O)O. The van der Waals surface area contributed by atoms with Crippen molar-refractivity contribution in [3.8, 4) is 0 Å². The lowest BCUT2D eigenvalue weighted by atomic mass is 10.1. The van der Waals surface area contributed by atoms with Crippen LogP contribution in [0.2, 0.25) is 0 Å². The topological polar surface area (TPSA) is 93.3 Å². The zero-order valence-electron chi connectivity index (χ0n) is 12.4. The maximum Gasteiger partial charge on any atom is 0.410 e. The van der Waals surface area contributed by atoms with Crippen molar-refractivity contribution in [3.63, 3.8) is 0 Å². The van der Waals surface area contributed by atoms with Gasteiger partial charge < -0.3 is 5.11 Å². The predicted molar refractivity (Wildman–Crippen MR) is 73.8 cm³/mol. The van der Waals surface area contributed by atoms with Crippen LogP contribution in [-0.4, -0.2) is 49.3 Å². The molecule has 3 rings (SSSR count).